The van der Waals surface area contributed by atoms with Crippen molar-refractivity contribution in [1.29, 1.82) is 0 Å². The Bertz CT molecular complexity index is 774. The maximum atomic E-state index is 12.9. The van der Waals surface area contributed by atoms with E-state index in [-0.39, 0.29) is 35.2 Å². The second kappa shape index (κ2) is 8.80. The van der Waals surface area contributed by atoms with Crippen LogP contribution in [-0.2, 0) is 14.4 Å². The Morgan fingerprint density at radius 3 is 2.34 bits per heavy atom. The molecule has 0 aromatic heterocycles. The molecule has 0 aliphatic carbocycles. The van der Waals surface area contributed by atoms with Gasteiger partial charge in [-0.3, -0.25) is 14.4 Å². The second-order valence-electron chi connectivity index (χ2n) is 8.93. The quantitative estimate of drug-likeness (QED) is 0.794. The van der Waals surface area contributed by atoms with Crippen LogP contribution in [0.1, 0.15) is 45.6 Å². The van der Waals surface area contributed by atoms with Gasteiger partial charge in [0.1, 0.15) is 0 Å². The molecule has 0 saturated carbocycles. The van der Waals surface area contributed by atoms with Crippen LogP contribution in [0.25, 0.3) is 6.08 Å². The maximum Gasteiger partial charge on any atom is 0.244 e. The summed E-state index contributed by atoms with van der Waals surface area (Å²) in [6.45, 7) is 7.73. The van der Waals surface area contributed by atoms with Crippen molar-refractivity contribution in [2.24, 2.45) is 5.92 Å². The maximum absolute atomic E-state index is 12.9. The Morgan fingerprint density at radius 1 is 1.10 bits per heavy atom. The molecule has 0 radical (unpaired) electrons. The van der Waals surface area contributed by atoms with Crippen molar-refractivity contribution < 1.29 is 14.4 Å². The predicted molar refractivity (Wildman–Crippen MR) is 113 cm³/mol. The monoisotopic (exact) mass is 397 g/mol. The van der Waals surface area contributed by atoms with Crippen LogP contribution in [0.5, 0.6) is 0 Å². The molecule has 2 fully saturated rings. The van der Waals surface area contributed by atoms with Gasteiger partial charge >= 0.3 is 0 Å². The molecular weight excluding hydrogens is 366 g/mol. The molecule has 0 spiro atoms. The molecule has 2 heterocycles. The van der Waals surface area contributed by atoms with Gasteiger partial charge in [0.25, 0.3) is 0 Å². The molecule has 6 nitrogen and oxygen atoms in total. The van der Waals surface area contributed by atoms with E-state index >= 15 is 0 Å². The van der Waals surface area contributed by atoms with Crippen molar-refractivity contribution in [2.75, 3.05) is 19.6 Å². The first-order valence-corrected chi connectivity index (χ1v) is 10.4. The number of likely N-dealkylation sites (tertiary alicyclic amines) is 2. The molecule has 156 valence electrons. The van der Waals surface area contributed by atoms with E-state index in [1.54, 1.807) is 12.2 Å². The first kappa shape index (κ1) is 21.1. The highest BCUT2D eigenvalue weighted by atomic mass is 16.2. The number of benzene rings is 1. The molecule has 2 saturated heterocycles. The minimum atomic E-state index is -0.253. The average molecular weight is 398 g/mol. The van der Waals surface area contributed by atoms with Crippen LogP contribution in [0.3, 0.4) is 0 Å². The first-order chi connectivity index (χ1) is 13.7. The van der Waals surface area contributed by atoms with Gasteiger partial charge in [-0.25, -0.2) is 0 Å². The van der Waals surface area contributed by atoms with Crippen molar-refractivity contribution in [3.05, 3.63) is 42.0 Å². The van der Waals surface area contributed by atoms with Crippen LogP contribution >= 0.6 is 0 Å². The molecule has 1 N–H and O–H groups in total. The summed E-state index contributed by atoms with van der Waals surface area (Å²) in [5.41, 5.74) is 0.731. The zero-order valence-electron chi connectivity index (χ0n) is 17.6. The first-order valence-electron chi connectivity index (χ1n) is 10.4. The number of amides is 3. The van der Waals surface area contributed by atoms with Gasteiger partial charge in [-0.2, -0.15) is 0 Å². The third-order valence-corrected chi connectivity index (χ3v) is 5.66. The lowest BCUT2D eigenvalue weighted by molar-refractivity contribution is -0.137. The fourth-order valence-corrected chi connectivity index (χ4v) is 4.01. The zero-order valence-corrected chi connectivity index (χ0v) is 17.6. The normalized spacial score (nSPS) is 21.1. The van der Waals surface area contributed by atoms with E-state index in [1.165, 1.54) is 0 Å². The Hall–Kier alpha value is -2.63. The van der Waals surface area contributed by atoms with E-state index in [0.717, 1.165) is 18.4 Å². The van der Waals surface area contributed by atoms with Crippen molar-refractivity contribution in [1.82, 2.24) is 15.1 Å². The summed E-state index contributed by atoms with van der Waals surface area (Å²) in [7, 11) is 0. The summed E-state index contributed by atoms with van der Waals surface area (Å²) in [5.74, 6) is -0.232. The Morgan fingerprint density at radius 2 is 1.76 bits per heavy atom. The number of nitrogens with zero attached hydrogens (tertiary/aromatic N) is 2. The second-order valence-corrected chi connectivity index (χ2v) is 8.93. The smallest absolute Gasteiger partial charge is 0.244 e. The highest BCUT2D eigenvalue weighted by Crippen LogP contribution is 2.27. The lowest BCUT2D eigenvalue weighted by atomic mass is 10.0. The third kappa shape index (κ3) is 5.46. The van der Waals surface area contributed by atoms with E-state index in [9.17, 15) is 14.4 Å². The Labute approximate surface area is 172 Å². The standard InChI is InChI=1S/C23H31N3O3/c1-23(2,3)26-16-18(15-21(26)28)22(29)25-13-11-19(12-14-25)24-20(27)10-9-17-7-5-4-6-8-17/h4-10,18-19H,11-16H2,1-3H3,(H,24,27)/b10-9+. The molecule has 3 rings (SSSR count). The van der Waals surface area contributed by atoms with Gasteiger partial charge in [0, 0.05) is 43.7 Å². The van der Waals surface area contributed by atoms with Gasteiger partial charge in [-0.05, 0) is 45.3 Å². The SMILES string of the molecule is CC(C)(C)N1CC(C(=O)N2CCC(NC(=O)/C=C/c3ccccc3)CC2)CC1=O. The van der Waals surface area contributed by atoms with Crippen molar-refractivity contribution in [3.63, 3.8) is 0 Å². The number of hydrogen-bond donors (Lipinski definition) is 1. The van der Waals surface area contributed by atoms with Crippen LogP contribution in [0.15, 0.2) is 36.4 Å². The molecule has 1 aromatic carbocycles. The minimum absolute atomic E-state index is 0.0585. The Balaban J connectivity index is 1.45. The highest BCUT2D eigenvalue weighted by Gasteiger charge is 2.41. The summed E-state index contributed by atoms with van der Waals surface area (Å²) >= 11 is 0. The van der Waals surface area contributed by atoms with Gasteiger partial charge in [-0.1, -0.05) is 30.3 Å². The van der Waals surface area contributed by atoms with Gasteiger partial charge in [-0.15, -0.1) is 0 Å². The van der Waals surface area contributed by atoms with E-state index in [1.807, 2.05) is 60.9 Å². The number of rotatable bonds is 4. The predicted octanol–water partition coefficient (Wildman–Crippen LogP) is 2.45. The van der Waals surface area contributed by atoms with Gasteiger partial charge in [0.2, 0.25) is 17.7 Å². The van der Waals surface area contributed by atoms with Crippen LogP contribution in [0.4, 0.5) is 0 Å². The van der Waals surface area contributed by atoms with E-state index in [2.05, 4.69) is 5.32 Å². The van der Waals surface area contributed by atoms with Gasteiger partial charge in [0.05, 0.1) is 5.92 Å². The average Bonchev–Trinajstić information content (AvgIpc) is 3.09. The van der Waals surface area contributed by atoms with Crippen molar-refractivity contribution >= 4 is 23.8 Å². The van der Waals surface area contributed by atoms with Crippen LogP contribution < -0.4 is 5.32 Å². The van der Waals surface area contributed by atoms with Crippen LogP contribution in [0.2, 0.25) is 0 Å². The Kier molecular flexibility index (Phi) is 6.40. The molecule has 2 aliphatic heterocycles. The van der Waals surface area contributed by atoms with Crippen LogP contribution in [-0.4, -0.2) is 58.7 Å². The molecule has 3 amide bonds. The van der Waals surface area contributed by atoms with Crippen LogP contribution in [0, 0.1) is 5.92 Å². The molecule has 6 heteroatoms. The lowest BCUT2D eigenvalue weighted by Gasteiger charge is -2.34. The molecule has 1 unspecified atom stereocenters. The molecule has 1 atom stereocenters. The number of hydrogen-bond acceptors (Lipinski definition) is 3. The zero-order chi connectivity index (χ0) is 21.0. The molecule has 1 aromatic rings. The minimum Gasteiger partial charge on any atom is -0.350 e. The summed E-state index contributed by atoms with van der Waals surface area (Å²) < 4.78 is 0. The fourth-order valence-electron chi connectivity index (χ4n) is 4.01. The topological polar surface area (TPSA) is 69.7 Å². The molecule has 2 aliphatic rings. The number of carbonyl (C=O) groups excluding carboxylic acids is 3. The number of piperidine rings is 1. The summed E-state index contributed by atoms with van der Waals surface area (Å²) in [6, 6.07) is 9.77. The molecule has 0 bridgehead atoms. The third-order valence-electron chi connectivity index (χ3n) is 5.66. The summed E-state index contributed by atoms with van der Waals surface area (Å²) in [6.07, 6.45) is 5.13. The number of nitrogens with one attached hydrogen (secondary N) is 1. The van der Waals surface area contributed by atoms with Crippen molar-refractivity contribution in [3.8, 4) is 0 Å². The highest BCUT2D eigenvalue weighted by molar-refractivity contribution is 5.92. The molecular formula is C23H31N3O3. The van der Waals surface area contributed by atoms with Gasteiger partial charge in [0.15, 0.2) is 0 Å². The van der Waals surface area contributed by atoms with Crippen molar-refractivity contribution in [2.45, 2.75) is 51.6 Å². The summed E-state index contributed by atoms with van der Waals surface area (Å²) in [5, 5.41) is 3.03. The molecule has 29 heavy (non-hydrogen) atoms. The van der Waals surface area contributed by atoms with E-state index in [0.29, 0.717) is 26.1 Å². The van der Waals surface area contributed by atoms with E-state index in [4.69, 9.17) is 0 Å². The fraction of sp³-hybridized carbons (Fsp3) is 0.522. The van der Waals surface area contributed by atoms with Gasteiger partial charge < -0.3 is 15.1 Å². The lowest BCUT2D eigenvalue weighted by Crippen LogP contribution is -2.48. The number of carbonyl (C=O) groups is 3. The summed E-state index contributed by atoms with van der Waals surface area (Å²) in [4.78, 5) is 40.9. The van der Waals surface area contributed by atoms with E-state index < -0.39 is 0 Å². The largest absolute Gasteiger partial charge is 0.350 e.